The van der Waals surface area contributed by atoms with Crippen molar-refractivity contribution in [2.45, 2.75) is 6.42 Å². The van der Waals surface area contributed by atoms with Crippen LogP contribution in [0.5, 0.6) is 0 Å². The lowest BCUT2D eigenvalue weighted by molar-refractivity contribution is -0.117. The number of rotatable bonds is 3. The summed E-state index contributed by atoms with van der Waals surface area (Å²) in [6.45, 7) is 1.09. The molecule has 5 nitrogen and oxygen atoms in total. The number of nitrogens with zero attached hydrogens (tertiary/aromatic N) is 1. The van der Waals surface area contributed by atoms with Crippen LogP contribution in [-0.2, 0) is 4.79 Å². The summed E-state index contributed by atoms with van der Waals surface area (Å²) in [7, 11) is 1.54. The summed E-state index contributed by atoms with van der Waals surface area (Å²) < 4.78 is 0. The van der Waals surface area contributed by atoms with Gasteiger partial charge in [-0.3, -0.25) is 9.59 Å². The molecule has 1 fully saturated rings. The Kier molecular flexibility index (Phi) is 4.07. The number of benzene rings is 1. The zero-order chi connectivity index (χ0) is 14.0. The van der Waals surface area contributed by atoms with Crippen molar-refractivity contribution in [2.75, 3.05) is 25.0 Å². The van der Waals surface area contributed by atoms with Crippen LogP contribution in [0.25, 0.3) is 0 Å². The van der Waals surface area contributed by atoms with Crippen molar-refractivity contribution < 1.29 is 9.59 Å². The predicted octanol–water partition coefficient (Wildman–Crippen LogP) is 1.01. The molecule has 2 amide bonds. The first-order valence-electron chi connectivity index (χ1n) is 6.09. The van der Waals surface area contributed by atoms with Crippen LogP contribution >= 0.6 is 11.6 Å². The van der Waals surface area contributed by atoms with E-state index in [1.807, 2.05) is 0 Å². The molecule has 0 bridgehead atoms. The van der Waals surface area contributed by atoms with Gasteiger partial charge in [-0.05, 0) is 30.7 Å². The van der Waals surface area contributed by atoms with Crippen molar-refractivity contribution in [3.8, 4) is 0 Å². The molecule has 0 aliphatic carbocycles. The van der Waals surface area contributed by atoms with E-state index in [4.69, 9.17) is 17.3 Å². The number of carbonyl (C=O) groups excluding carboxylic acids is 2. The van der Waals surface area contributed by atoms with Gasteiger partial charge in [-0.1, -0.05) is 11.6 Å². The average Bonchev–Trinajstić information content (AvgIpc) is 2.79. The molecule has 2 rings (SSSR count). The van der Waals surface area contributed by atoms with Gasteiger partial charge in [-0.15, -0.1) is 0 Å². The van der Waals surface area contributed by atoms with E-state index in [1.54, 1.807) is 30.1 Å². The van der Waals surface area contributed by atoms with Crippen molar-refractivity contribution in [2.24, 2.45) is 11.7 Å². The fourth-order valence-electron chi connectivity index (χ4n) is 2.18. The lowest BCUT2D eigenvalue weighted by atomic mass is 10.1. The fourth-order valence-corrected chi connectivity index (χ4v) is 2.44. The molecule has 19 heavy (non-hydrogen) atoms. The quantitative estimate of drug-likeness (QED) is 0.868. The second kappa shape index (κ2) is 5.59. The Bertz CT molecular complexity index is 519. The van der Waals surface area contributed by atoms with E-state index < -0.39 is 0 Å². The van der Waals surface area contributed by atoms with Crippen LogP contribution in [0.4, 0.5) is 5.69 Å². The van der Waals surface area contributed by atoms with Crippen LogP contribution in [0, 0.1) is 5.92 Å². The SMILES string of the molecule is CNC(=O)c1ccc(N2CC(CN)CC2=O)cc1Cl. The molecular formula is C13H16ClN3O2. The van der Waals surface area contributed by atoms with Gasteiger partial charge in [-0.2, -0.15) is 0 Å². The van der Waals surface area contributed by atoms with E-state index in [0.29, 0.717) is 35.8 Å². The van der Waals surface area contributed by atoms with Gasteiger partial charge in [0.15, 0.2) is 0 Å². The van der Waals surface area contributed by atoms with Gasteiger partial charge >= 0.3 is 0 Å². The van der Waals surface area contributed by atoms with Gasteiger partial charge in [-0.25, -0.2) is 0 Å². The molecule has 1 aromatic rings. The predicted molar refractivity (Wildman–Crippen MR) is 74.4 cm³/mol. The minimum Gasteiger partial charge on any atom is -0.355 e. The fraction of sp³-hybridized carbons (Fsp3) is 0.385. The van der Waals surface area contributed by atoms with Gasteiger partial charge in [0, 0.05) is 25.7 Å². The Morgan fingerprint density at radius 3 is 2.84 bits per heavy atom. The molecule has 1 heterocycles. The molecule has 6 heteroatoms. The molecule has 1 saturated heterocycles. The molecule has 0 aromatic heterocycles. The van der Waals surface area contributed by atoms with E-state index in [2.05, 4.69) is 5.32 Å². The summed E-state index contributed by atoms with van der Waals surface area (Å²) in [5.74, 6) is -0.0202. The third-order valence-corrected chi connectivity index (χ3v) is 3.59. The standard InChI is InChI=1S/C13H16ClN3O2/c1-16-13(19)10-3-2-9(5-11(10)14)17-7-8(6-15)4-12(17)18/h2-3,5,8H,4,6-7,15H2,1H3,(H,16,19). The number of anilines is 1. The summed E-state index contributed by atoms with van der Waals surface area (Å²) in [6, 6.07) is 5.00. The van der Waals surface area contributed by atoms with Crippen molar-refractivity contribution in [3.05, 3.63) is 28.8 Å². The van der Waals surface area contributed by atoms with E-state index in [9.17, 15) is 9.59 Å². The topological polar surface area (TPSA) is 75.4 Å². The first-order chi connectivity index (χ1) is 9.06. The smallest absolute Gasteiger partial charge is 0.252 e. The van der Waals surface area contributed by atoms with Crippen molar-refractivity contribution in [1.82, 2.24) is 5.32 Å². The Morgan fingerprint density at radius 1 is 1.58 bits per heavy atom. The summed E-state index contributed by atoms with van der Waals surface area (Å²) in [5, 5.41) is 2.85. The Morgan fingerprint density at radius 2 is 2.32 bits per heavy atom. The number of nitrogens with two attached hydrogens (primary N) is 1. The number of halogens is 1. The molecule has 1 unspecified atom stereocenters. The van der Waals surface area contributed by atoms with Gasteiger partial charge in [0.2, 0.25) is 5.91 Å². The zero-order valence-electron chi connectivity index (χ0n) is 10.6. The molecule has 3 N–H and O–H groups in total. The lowest BCUT2D eigenvalue weighted by Crippen LogP contribution is -2.26. The summed E-state index contributed by atoms with van der Waals surface area (Å²) in [6.07, 6.45) is 0.464. The van der Waals surface area contributed by atoms with Crippen LogP contribution in [0.3, 0.4) is 0 Å². The minimum absolute atomic E-state index is 0.0409. The van der Waals surface area contributed by atoms with Crippen LogP contribution in [-0.4, -0.2) is 32.0 Å². The normalized spacial score (nSPS) is 18.8. The van der Waals surface area contributed by atoms with E-state index in [-0.39, 0.29) is 17.7 Å². The van der Waals surface area contributed by atoms with Crippen LogP contribution < -0.4 is 16.0 Å². The van der Waals surface area contributed by atoms with Crippen LogP contribution in [0.15, 0.2) is 18.2 Å². The zero-order valence-corrected chi connectivity index (χ0v) is 11.4. The maximum absolute atomic E-state index is 11.9. The molecular weight excluding hydrogens is 266 g/mol. The maximum atomic E-state index is 11.9. The number of hydrogen-bond donors (Lipinski definition) is 2. The molecule has 0 spiro atoms. The Balaban J connectivity index is 2.25. The van der Waals surface area contributed by atoms with Crippen molar-refractivity contribution in [3.63, 3.8) is 0 Å². The third-order valence-electron chi connectivity index (χ3n) is 3.27. The van der Waals surface area contributed by atoms with E-state index >= 15 is 0 Å². The van der Waals surface area contributed by atoms with Crippen molar-refractivity contribution in [1.29, 1.82) is 0 Å². The van der Waals surface area contributed by atoms with Gasteiger partial charge < -0.3 is 16.0 Å². The first-order valence-corrected chi connectivity index (χ1v) is 6.46. The van der Waals surface area contributed by atoms with Gasteiger partial charge in [0.1, 0.15) is 0 Å². The summed E-state index contributed by atoms with van der Waals surface area (Å²) in [4.78, 5) is 25.1. The third kappa shape index (κ3) is 2.72. The van der Waals surface area contributed by atoms with E-state index in [1.165, 1.54) is 0 Å². The Hall–Kier alpha value is -1.59. The van der Waals surface area contributed by atoms with Crippen LogP contribution in [0.1, 0.15) is 16.8 Å². The molecule has 1 aliphatic rings. The second-order valence-corrected chi connectivity index (χ2v) is 4.96. The second-order valence-electron chi connectivity index (χ2n) is 4.55. The van der Waals surface area contributed by atoms with E-state index in [0.717, 1.165) is 0 Å². The lowest BCUT2D eigenvalue weighted by Gasteiger charge is -2.17. The highest BCUT2D eigenvalue weighted by Crippen LogP contribution is 2.28. The van der Waals surface area contributed by atoms with Gasteiger partial charge in [0.25, 0.3) is 5.91 Å². The van der Waals surface area contributed by atoms with Crippen LogP contribution in [0.2, 0.25) is 5.02 Å². The summed E-state index contributed by atoms with van der Waals surface area (Å²) in [5.41, 5.74) is 6.70. The first kappa shape index (κ1) is 13.8. The molecule has 1 aromatic carbocycles. The summed E-state index contributed by atoms with van der Waals surface area (Å²) >= 11 is 6.08. The number of nitrogens with one attached hydrogen (secondary N) is 1. The molecule has 1 atom stereocenters. The Labute approximate surface area is 116 Å². The highest BCUT2D eigenvalue weighted by Gasteiger charge is 2.30. The number of carbonyl (C=O) groups is 2. The largest absolute Gasteiger partial charge is 0.355 e. The monoisotopic (exact) mass is 281 g/mol. The number of hydrogen-bond acceptors (Lipinski definition) is 3. The molecule has 1 aliphatic heterocycles. The molecule has 102 valence electrons. The molecule has 0 saturated carbocycles. The maximum Gasteiger partial charge on any atom is 0.252 e. The highest BCUT2D eigenvalue weighted by atomic mass is 35.5. The van der Waals surface area contributed by atoms with Gasteiger partial charge in [0.05, 0.1) is 10.6 Å². The highest BCUT2D eigenvalue weighted by molar-refractivity contribution is 6.34. The molecule has 0 radical (unpaired) electrons. The van der Waals surface area contributed by atoms with Crippen molar-refractivity contribution >= 4 is 29.1 Å². The average molecular weight is 282 g/mol. The number of amides is 2. The minimum atomic E-state index is -0.246.